The normalized spacial score (nSPS) is 16.6. The van der Waals surface area contributed by atoms with Crippen LogP contribution in [0.1, 0.15) is 128 Å². The van der Waals surface area contributed by atoms with Crippen LogP contribution in [0.15, 0.2) is 66.7 Å². The summed E-state index contributed by atoms with van der Waals surface area (Å²) in [4.78, 5) is 38.7. The monoisotopic (exact) mass is 734 g/mol. The van der Waals surface area contributed by atoms with Gasteiger partial charge < -0.3 is 9.80 Å². The number of rotatable bonds is 19. The van der Waals surface area contributed by atoms with Crippen molar-refractivity contribution in [2.75, 3.05) is 22.9 Å². The molecule has 2 aliphatic rings. The number of carbonyl (C=O) groups is 2. The quantitative estimate of drug-likeness (QED) is 0.0711. The molecule has 2 aromatic heterocycles. The smallest absolute Gasteiger partial charge is 0.259 e. The molecule has 6 heteroatoms. The van der Waals surface area contributed by atoms with Crippen molar-refractivity contribution < 1.29 is 9.59 Å². The second-order valence-electron chi connectivity index (χ2n) is 14.9. The summed E-state index contributed by atoms with van der Waals surface area (Å²) in [5.41, 5.74) is 5.93. The summed E-state index contributed by atoms with van der Waals surface area (Å²) in [7, 11) is 0. The Kier molecular flexibility index (Phi) is 13.3. The van der Waals surface area contributed by atoms with Gasteiger partial charge >= 0.3 is 0 Å². The fraction of sp³-hybridized carbons (Fsp3) is 0.478. The number of hydrogen-bond acceptors (Lipinski definition) is 4. The summed E-state index contributed by atoms with van der Waals surface area (Å²) in [6, 6.07) is 23.7. The molecule has 0 aliphatic carbocycles. The lowest BCUT2D eigenvalue weighted by molar-refractivity contribution is -0.114. The van der Waals surface area contributed by atoms with Crippen LogP contribution < -0.4 is 9.80 Å². The van der Waals surface area contributed by atoms with Crippen LogP contribution in [-0.2, 0) is 16.0 Å². The molecule has 52 heavy (non-hydrogen) atoms. The van der Waals surface area contributed by atoms with Gasteiger partial charge in [0.05, 0.1) is 22.5 Å². The topological polar surface area (TPSA) is 40.6 Å². The van der Waals surface area contributed by atoms with E-state index in [0.29, 0.717) is 36.1 Å². The maximum absolute atomic E-state index is 14.8. The Labute approximate surface area is 321 Å². The summed E-state index contributed by atoms with van der Waals surface area (Å²) in [6.45, 7) is 12.5. The first-order valence-electron chi connectivity index (χ1n) is 20.2. The first kappa shape index (κ1) is 38.3. The lowest BCUT2D eigenvalue weighted by Gasteiger charge is -2.24. The van der Waals surface area contributed by atoms with Crippen LogP contribution in [0.4, 0.5) is 11.4 Å². The third kappa shape index (κ3) is 8.19. The van der Waals surface area contributed by atoms with Gasteiger partial charge in [0, 0.05) is 43.7 Å². The van der Waals surface area contributed by atoms with E-state index in [1.165, 1.54) is 45.2 Å². The van der Waals surface area contributed by atoms with Crippen LogP contribution in [0.25, 0.3) is 31.3 Å². The van der Waals surface area contributed by atoms with E-state index in [4.69, 9.17) is 0 Å². The molecule has 2 aromatic carbocycles. The number of unbranched alkanes of at least 4 members (excludes halogenated alkanes) is 5. The fourth-order valence-electron chi connectivity index (χ4n) is 7.95. The average Bonchev–Trinajstić information content (AvgIpc) is 3.95. The van der Waals surface area contributed by atoms with Crippen molar-refractivity contribution >= 4 is 57.0 Å². The zero-order valence-corrected chi connectivity index (χ0v) is 33.8. The van der Waals surface area contributed by atoms with Gasteiger partial charge in [0.15, 0.2) is 0 Å². The Morgan fingerprint density at radius 2 is 1.13 bits per heavy atom. The van der Waals surface area contributed by atoms with Gasteiger partial charge in [0.1, 0.15) is 0 Å². The summed E-state index contributed by atoms with van der Waals surface area (Å²) < 4.78 is 0. The number of aryl methyl sites for hydroxylation is 1. The second-order valence-corrected chi connectivity index (χ2v) is 17.2. The summed E-state index contributed by atoms with van der Waals surface area (Å²) in [6.07, 6.45) is 15.2. The highest BCUT2D eigenvalue weighted by molar-refractivity contribution is 7.23. The molecule has 0 spiro atoms. The van der Waals surface area contributed by atoms with E-state index in [1.54, 1.807) is 0 Å². The molecule has 0 bridgehead atoms. The number of anilines is 2. The maximum atomic E-state index is 14.8. The SMILES string of the molecule is CCCCCCc1ccc(-c2ccc(-c3ccc4c(c3)N(CC(CC)CCCC)C(=O)/C4=C3/C(=O)N(CC(CC)CCCC)c4ccccc43)s2)s1. The highest BCUT2D eigenvalue weighted by atomic mass is 32.1. The minimum Gasteiger partial charge on any atom is -0.307 e. The van der Waals surface area contributed by atoms with Gasteiger partial charge in [-0.3, -0.25) is 9.59 Å². The van der Waals surface area contributed by atoms with Crippen LogP contribution in [0.3, 0.4) is 0 Å². The minimum atomic E-state index is -0.0305. The van der Waals surface area contributed by atoms with Crippen molar-refractivity contribution in [3.63, 3.8) is 0 Å². The fourth-order valence-corrected chi connectivity index (χ4v) is 10.1. The highest BCUT2D eigenvalue weighted by Gasteiger charge is 2.43. The summed E-state index contributed by atoms with van der Waals surface area (Å²) in [5, 5.41) is 0. The van der Waals surface area contributed by atoms with Gasteiger partial charge in [-0.25, -0.2) is 0 Å². The number of amides is 2. The minimum absolute atomic E-state index is 0.0296. The Hall–Kier alpha value is -3.48. The summed E-state index contributed by atoms with van der Waals surface area (Å²) in [5.74, 6) is 0.771. The van der Waals surface area contributed by atoms with E-state index in [1.807, 2.05) is 50.7 Å². The Morgan fingerprint density at radius 3 is 1.79 bits per heavy atom. The molecule has 4 nitrogen and oxygen atoms in total. The molecule has 4 heterocycles. The number of hydrogen-bond donors (Lipinski definition) is 0. The van der Waals surface area contributed by atoms with Gasteiger partial charge in [-0.1, -0.05) is 123 Å². The second kappa shape index (κ2) is 18.0. The van der Waals surface area contributed by atoms with Crippen molar-refractivity contribution in [3.8, 4) is 20.2 Å². The van der Waals surface area contributed by atoms with Crippen molar-refractivity contribution in [3.05, 3.63) is 82.7 Å². The van der Waals surface area contributed by atoms with E-state index in [-0.39, 0.29) is 11.8 Å². The zero-order valence-electron chi connectivity index (χ0n) is 32.1. The van der Waals surface area contributed by atoms with E-state index in [9.17, 15) is 9.59 Å². The Bertz CT molecular complexity index is 1860. The number of para-hydroxylation sites is 1. The van der Waals surface area contributed by atoms with Crippen LogP contribution in [0, 0.1) is 11.8 Å². The number of nitrogens with zero attached hydrogens (tertiary/aromatic N) is 2. The van der Waals surface area contributed by atoms with E-state index >= 15 is 0 Å². The van der Waals surface area contributed by atoms with E-state index in [2.05, 4.69) is 83.1 Å². The Morgan fingerprint density at radius 1 is 0.558 bits per heavy atom. The van der Waals surface area contributed by atoms with Crippen LogP contribution in [0.5, 0.6) is 0 Å². The molecule has 0 N–H and O–H groups in total. The van der Waals surface area contributed by atoms with Gasteiger partial charge in [-0.15, -0.1) is 22.7 Å². The average molecular weight is 735 g/mol. The molecule has 2 aliphatic heterocycles. The number of fused-ring (bicyclic) bond motifs is 2. The number of carbonyl (C=O) groups excluding carboxylic acids is 2. The molecular formula is C46H58N2O2S2. The molecule has 0 radical (unpaired) electrons. The van der Waals surface area contributed by atoms with Gasteiger partial charge in [-0.05, 0) is 79.5 Å². The molecule has 276 valence electrons. The molecule has 0 saturated heterocycles. The molecule has 0 fully saturated rings. The highest BCUT2D eigenvalue weighted by Crippen LogP contribution is 2.49. The Balaban J connectivity index is 1.37. The number of benzene rings is 2. The molecule has 2 unspecified atom stereocenters. The predicted molar refractivity (Wildman–Crippen MR) is 225 cm³/mol. The van der Waals surface area contributed by atoms with Crippen molar-refractivity contribution in [1.82, 2.24) is 0 Å². The van der Waals surface area contributed by atoms with Crippen LogP contribution in [-0.4, -0.2) is 24.9 Å². The zero-order chi connectivity index (χ0) is 36.6. The third-order valence-corrected chi connectivity index (χ3v) is 13.7. The van der Waals surface area contributed by atoms with Crippen molar-refractivity contribution in [2.24, 2.45) is 11.8 Å². The number of thiophene rings is 2. The molecule has 2 atom stereocenters. The first-order valence-corrected chi connectivity index (χ1v) is 21.9. The van der Waals surface area contributed by atoms with Gasteiger partial charge in [-0.2, -0.15) is 0 Å². The standard InChI is InChI=1S/C46H58N2O2S2/c1-6-11-14-15-20-35-24-26-41(51-35)42-28-27-40(52-42)34-23-25-37-39(29-34)48(31-33(10-5)19-13-8-3)46(50)44(37)43-36-21-16-17-22-38(36)47(45(43)49)30-32(9-4)18-12-7-2/h16-17,21-29,32-33H,6-15,18-20,30-31H2,1-5H3/b44-43+. The molecule has 4 aromatic rings. The van der Waals surface area contributed by atoms with Gasteiger partial charge in [0.25, 0.3) is 11.8 Å². The van der Waals surface area contributed by atoms with Gasteiger partial charge in [0.2, 0.25) is 0 Å². The maximum Gasteiger partial charge on any atom is 0.259 e. The molecule has 2 amide bonds. The van der Waals surface area contributed by atoms with E-state index in [0.717, 1.165) is 85.9 Å². The first-order chi connectivity index (χ1) is 25.4. The molecular weight excluding hydrogens is 677 g/mol. The van der Waals surface area contributed by atoms with Crippen molar-refractivity contribution in [1.29, 1.82) is 0 Å². The predicted octanol–water partition coefficient (Wildman–Crippen LogP) is 13.3. The lowest BCUT2D eigenvalue weighted by Crippen LogP contribution is -2.34. The van der Waals surface area contributed by atoms with E-state index < -0.39 is 0 Å². The molecule has 6 rings (SSSR count). The van der Waals surface area contributed by atoms with Crippen LogP contribution >= 0.6 is 22.7 Å². The van der Waals surface area contributed by atoms with Crippen LogP contribution in [0.2, 0.25) is 0 Å². The molecule has 0 saturated carbocycles. The summed E-state index contributed by atoms with van der Waals surface area (Å²) >= 11 is 3.75. The largest absolute Gasteiger partial charge is 0.307 e. The third-order valence-electron chi connectivity index (χ3n) is 11.2. The van der Waals surface area contributed by atoms with Crippen molar-refractivity contribution in [2.45, 2.75) is 118 Å². The lowest BCUT2D eigenvalue weighted by atomic mass is 9.95.